The van der Waals surface area contributed by atoms with Gasteiger partial charge in [-0.25, -0.2) is 13.1 Å². The van der Waals surface area contributed by atoms with Gasteiger partial charge >= 0.3 is 5.69 Å². The molecule has 118 valence electrons. The quantitative estimate of drug-likeness (QED) is 0.571. The molecule has 2 N–H and O–H groups in total. The maximum absolute atomic E-state index is 12.1. The smallest absolute Gasteiger partial charge is 0.304 e. The molecule has 1 aromatic rings. The van der Waals surface area contributed by atoms with E-state index in [2.05, 4.69) is 14.9 Å². The van der Waals surface area contributed by atoms with Crippen molar-refractivity contribution in [2.75, 3.05) is 38.5 Å². The molecule has 1 aromatic heterocycles. The molecule has 2 rings (SSSR count). The zero-order chi connectivity index (χ0) is 15.5. The van der Waals surface area contributed by atoms with Gasteiger partial charge in [-0.15, -0.1) is 0 Å². The number of anilines is 1. The van der Waals surface area contributed by atoms with Crippen LogP contribution in [0.15, 0.2) is 10.3 Å². The van der Waals surface area contributed by atoms with Gasteiger partial charge in [0.15, 0.2) is 5.00 Å². The third-order valence-corrected chi connectivity index (χ3v) is 6.37. The summed E-state index contributed by atoms with van der Waals surface area (Å²) in [6.45, 7) is 2.96. The predicted molar refractivity (Wildman–Crippen MR) is 81.4 cm³/mol. The maximum atomic E-state index is 12.1. The van der Waals surface area contributed by atoms with E-state index < -0.39 is 14.9 Å². The molecule has 0 amide bonds. The lowest BCUT2D eigenvalue weighted by Gasteiger charge is -2.14. The number of sulfonamides is 1. The van der Waals surface area contributed by atoms with Crippen LogP contribution < -0.4 is 10.0 Å². The summed E-state index contributed by atoms with van der Waals surface area (Å²) in [7, 11) is -2.18. The second kappa shape index (κ2) is 6.69. The molecule has 0 aromatic carbocycles. The minimum Gasteiger partial charge on any atom is -0.374 e. The number of hydrogen-bond acceptors (Lipinski definition) is 7. The average Bonchev–Trinajstić information content (AvgIpc) is 3.07. The number of nitrogens with zero attached hydrogens (tertiary/aromatic N) is 2. The second-order valence-corrected chi connectivity index (χ2v) is 7.78. The van der Waals surface area contributed by atoms with Crippen LogP contribution >= 0.6 is 11.3 Å². The number of likely N-dealkylation sites (tertiary alicyclic amines) is 1. The van der Waals surface area contributed by atoms with Crippen molar-refractivity contribution in [3.05, 3.63) is 16.2 Å². The first-order valence-corrected chi connectivity index (χ1v) is 8.92. The van der Waals surface area contributed by atoms with Crippen molar-refractivity contribution in [2.24, 2.45) is 0 Å². The van der Waals surface area contributed by atoms with Crippen LogP contribution in [-0.2, 0) is 10.0 Å². The highest BCUT2D eigenvalue weighted by atomic mass is 32.2. The highest BCUT2D eigenvalue weighted by Crippen LogP contribution is 2.36. The summed E-state index contributed by atoms with van der Waals surface area (Å²) in [5.41, 5.74) is -0.220. The van der Waals surface area contributed by atoms with E-state index in [9.17, 15) is 18.5 Å². The van der Waals surface area contributed by atoms with E-state index in [1.807, 2.05) is 0 Å². The molecule has 0 unspecified atom stereocenters. The van der Waals surface area contributed by atoms with E-state index in [4.69, 9.17) is 0 Å². The lowest BCUT2D eigenvalue weighted by Crippen LogP contribution is -2.33. The van der Waals surface area contributed by atoms with Gasteiger partial charge in [-0.2, -0.15) is 0 Å². The van der Waals surface area contributed by atoms with Crippen LogP contribution in [0.25, 0.3) is 0 Å². The van der Waals surface area contributed by atoms with Gasteiger partial charge in [-0.05, 0) is 25.9 Å². The SMILES string of the molecule is CNc1sc(S(=O)(=O)NCCN2CCCC2)cc1[N+](=O)[O-]. The highest BCUT2D eigenvalue weighted by Gasteiger charge is 2.25. The summed E-state index contributed by atoms with van der Waals surface area (Å²) in [5, 5.41) is 13.7. The fraction of sp³-hybridized carbons (Fsp3) is 0.636. The van der Waals surface area contributed by atoms with E-state index in [0.29, 0.717) is 13.1 Å². The number of nitro groups is 1. The van der Waals surface area contributed by atoms with Crippen LogP contribution in [0, 0.1) is 10.1 Å². The monoisotopic (exact) mass is 334 g/mol. The van der Waals surface area contributed by atoms with Crippen LogP contribution in [0.4, 0.5) is 10.7 Å². The van der Waals surface area contributed by atoms with E-state index in [1.54, 1.807) is 0 Å². The maximum Gasteiger partial charge on any atom is 0.304 e. The first-order valence-electron chi connectivity index (χ1n) is 6.62. The van der Waals surface area contributed by atoms with Crippen LogP contribution in [0.2, 0.25) is 0 Å². The summed E-state index contributed by atoms with van der Waals surface area (Å²) < 4.78 is 26.7. The molecule has 1 aliphatic rings. The van der Waals surface area contributed by atoms with Crippen molar-refractivity contribution < 1.29 is 13.3 Å². The zero-order valence-electron chi connectivity index (χ0n) is 11.7. The van der Waals surface area contributed by atoms with Crippen molar-refractivity contribution in [1.29, 1.82) is 0 Å². The zero-order valence-corrected chi connectivity index (χ0v) is 13.3. The van der Waals surface area contributed by atoms with E-state index in [0.717, 1.165) is 43.3 Å². The molecule has 21 heavy (non-hydrogen) atoms. The molecule has 0 atom stereocenters. The summed E-state index contributed by atoms with van der Waals surface area (Å²) in [5.74, 6) is 0. The largest absolute Gasteiger partial charge is 0.374 e. The summed E-state index contributed by atoms with van der Waals surface area (Å²) in [6, 6.07) is 1.09. The molecule has 0 saturated carbocycles. The predicted octanol–water partition coefficient (Wildman–Crippen LogP) is 1.07. The van der Waals surface area contributed by atoms with Gasteiger partial charge in [0.25, 0.3) is 0 Å². The number of nitrogens with one attached hydrogen (secondary N) is 2. The van der Waals surface area contributed by atoms with E-state index >= 15 is 0 Å². The third-order valence-electron chi connectivity index (χ3n) is 3.30. The van der Waals surface area contributed by atoms with Crippen molar-refractivity contribution in [2.45, 2.75) is 17.1 Å². The lowest BCUT2D eigenvalue weighted by molar-refractivity contribution is -0.383. The molecular weight excluding hydrogens is 316 g/mol. The Morgan fingerprint density at radius 1 is 1.43 bits per heavy atom. The fourth-order valence-corrected chi connectivity index (χ4v) is 4.57. The van der Waals surface area contributed by atoms with Gasteiger partial charge in [0.05, 0.1) is 4.92 Å². The Morgan fingerprint density at radius 2 is 2.10 bits per heavy atom. The van der Waals surface area contributed by atoms with Crippen molar-refractivity contribution in [3.63, 3.8) is 0 Å². The van der Waals surface area contributed by atoms with Crippen LogP contribution in [0.1, 0.15) is 12.8 Å². The van der Waals surface area contributed by atoms with Gasteiger partial charge in [-0.3, -0.25) is 10.1 Å². The molecule has 0 aliphatic carbocycles. The first-order chi connectivity index (χ1) is 9.94. The molecule has 1 aliphatic heterocycles. The average molecular weight is 334 g/mol. The van der Waals surface area contributed by atoms with Crippen LogP contribution in [0.3, 0.4) is 0 Å². The highest BCUT2D eigenvalue weighted by molar-refractivity contribution is 7.91. The normalized spacial score (nSPS) is 16.2. The third kappa shape index (κ3) is 3.90. The van der Waals surface area contributed by atoms with Crippen molar-refractivity contribution >= 4 is 32.0 Å². The molecule has 0 radical (unpaired) electrons. The van der Waals surface area contributed by atoms with Crippen LogP contribution in [0.5, 0.6) is 0 Å². The van der Waals surface area contributed by atoms with Gasteiger partial charge in [-0.1, -0.05) is 11.3 Å². The fourth-order valence-electron chi connectivity index (χ4n) is 2.22. The Kier molecular flexibility index (Phi) is 5.14. The molecule has 1 saturated heterocycles. The Bertz CT molecular complexity index is 608. The Labute approximate surface area is 127 Å². The molecule has 10 heteroatoms. The minimum atomic E-state index is -3.70. The Morgan fingerprint density at radius 3 is 2.62 bits per heavy atom. The van der Waals surface area contributed by atoms with Gasteiger partial charge in [0, 0.05) is 26.2 Å². The number of thiophene rings is 1. The van der Waals surface area contributed by atoms with Crippen molar-refractivity contribution in [3.8, 4) is 0 Å². The van der Waals surface area contributed by atoms with Gasteiger partial charge in [0.1, 0.15) is 4.21 Å². The Balaban J connectivity index is 2.03. The molecule has 8 nitrogen and oxygen atoms in total. The molecule has 0 spiro atoms. The summed E-state index contributed by atoms with van der Waals surface area (Å²) in [4.78, 5) is 12.5. The summed E-state index contributed by atoms with van der Waals surface area (Å²) in [6.07, 6.45) is 2.30. The van der Waals surface area contributed by atoms with Gasteiger partial charge < -0.3 is 10.2 Å². The second-order valence-electron chi connectivity index (χ2n) is 4.73. The first kappa shape index (κ1) is 16.1. The lowest BCUT2D eigenvalue weighted by atomic mass is 10.4. The van der Waals surface area contributed by atoms with Crippen LogP contribution in [-0.4, -0.2) is 51.5 Å². The van der Waals surface area contributed by atoms with Gasteiger partial charge in [0.2, 0.25) is 10.0 Å². The number of rotatable bonds is 7. The van der Waals surface area contributed by atoms with E-state index in [1.165, 1.54) is 7.05 Å². The minimum absolute atomic E-state index is 0.0417. The molecular formula is C11H18N4O4S2. The molecule has 2 heterocycles. The van der Waals surface area contributed by atoms with Crippen molar-refractivity contribution in [1.82, 2.24) is 9.62 Å². The standard InChI is InChI=1S/C11H18N4O4S2/c1-12-11-9(15(16)17)8-10(20-11)21(18,19)13-4-7-14-5-2-3-6-14/h8,12-13H,2-7H2,1H3. The van der Waals surface area contributed by atoms with E-state index in [-0.39, 0.29) is 14.9 Å². The topological polar surface area (TPSA) is 105 Å². The molecule has 1 fully saturated rings. The summed E-state index contributed by atoms with van der Waals surface area (Å²) >= 11 is 0.861. The number of hydrogen-bond donors (Lipinski definition) is 2. The molecule has 0 bridgehead atoms. The Hall–Kier alpha value is -1.23.